The van der Waals surface area contributed by atoms with Crippen molar-refractivity contribution < 1.29 is 13.0 Å². The Kier molecular flexibility index (Phi) is 3.98. The minimum atomic E-state index is -2.51. The molecule has 17 heavy (non-hydrogen) atoms. The number of rotatable bonds is 3. The van der Waals surface area contributed by atoms with Gasteiger partial charge >= 0.3 is 0 Å². The van der Waals surface area contributed by atoms with E-state index < -0.39 is 16.6 Å². The monoisotopic (exact) mass is 389 g/mol. The van der Waals surface area contributed by atoms with E-state index in [9.17, 15) is 13.0 Å². The molecule has 0 saturated carbocycles. The van der Waals surface area contributed by atoms with Gasteiger partial charge in [0.05, 0.1) is 21.2 Å². The molecule has 0 amide bonds. The zero-order valence-corrected chi connectivity index (χ0v) is 12.2. The molecule has 0 saturated heterocycles. The Balaban J connectivity index is 2.67. The van der Waals surface area contributed by atoms with Crippen molar-refractivity contribution in [3.8, 4) is 0 Å². The summed E-state index contributed by atoms with van der Waals surface area (Å²) in [6.45, 7) is 0. The van der Waals surface area contributed by atoms with Crippen LogP contribution < -0.4 is 0 Å². The molecule has 0 aliphatic carbocycles. The summed E-state index contributed by atoms with van der Waals surface area (Å²) in [7, 11) is -1.32. The molecular formula is C8H6F2IN3OS2. The summed E-state index contributed by atoms with van der Waals surface area (Å²) in [6, 6.07) is 1.58. The first-order chi connectivity index (χ1) is 8.00. The lowest BCUT2D eigenvalue weighted by atomic mass is 10.5. The van der Waals surface area contributed by atoms with Crippen LogP contribution in [0.5, 0.6) is 0 Å². The van der Waals surface area contributed by atoms with Crippen molar-refractivity contribution >= 4 is 50.7 Å². The van der Waals surface area contributed by atoms with Crippen molar-refractivity contribution in [1.29, 1.82) is 0 Å². The molecule has 92 valence electrons. The molecule has 2 aromatic heterocycles. The van der Waals surface area contributed by atoms with Gasteiger partial charge in [0.15, 0.2) is 0 Å². The zero-order chi connectivity index (χ0) is 12.6. The van der Waals surface area contributed by atoms with Gasteiger partial charge in [-0.2, -0.15) is 13.9 Å². The first kappa shape index (κ1) is 13.1. The van der Waals surface area contributed by atoms with Crippen molar-refractivity contribution in [3.05, 3.63) is 16.0 Å². The minimum absolute atomic E-state index is 0.251. The van der Waals surface area contributed by atoms with Crippen LogP contribution >= 0.6 is 34.4 Å². The fourth-order valence-corrected chi connectivity index (χ4v) is 3.36. The lowest BCUT2D eigenvalue weighted by Crippen LogP contribution is -2.03. The van der Waals surface area contributed by atoms with Gasteiger partial charge in [0, 0.05) is 12.5 Å². The van der Waals surface area contributed by atoms with E-state index in [1.807, 2.05) is 22.6 Å². The Morgan fingerprint density at radius 1 is 1.59 bits per heavy atom. The van der Waals surface area contributed by atoms with Gasteiger partial charge in [0.25, 0.3) is 5.76 Å². The normalized spacial score (nSPS) is 13.5. The number of thioether (sulfide) groups is 1. The molecule has 0 aromatic carbocycles. The summed E-state index contributed by atoms with van der Waals surface area (Å²) in [4.78, 5) is 4.32. The number of aromatic nitrogens is 3. The number of alkyl halides is 2. The molecule has 0 spiro atoms. The predicted molar refractivity (Wildman–Crippen MR) is 69.9 cm³/mol. The lowest BCUT2D eigenvalue weighted by Gasteiger charge is -2.00. The molecule has 2 heterocycles. The van der Waals surface area contributed by atoms with E-state index in [4.69, 9.17) is 0 Å². The molecule has 2 rings (SSSR count). The summed E-state index contributed by atoms with van der Waals surface area (Å²) >= 11 is 2.30. The first-order valence-corrected chi connectivity index (χ1v) is 7.84. The Morgan fingerprint density at radius 2 is 2.29 bits per heavy atom. The topological polar surface area (TPSA) is 47.3 Å². The van der Waals surface area contributed by atoms with E-state index in [0.29, 0.717) is 25.9 Å². The molecule has 1 atom stereocenters. The largest absolute Gasteiger partial charge is 0.289 e. The lowest BCUT2D eigenvalue weighted by molar-refractivity contribution is 0.252. The Morgan fingerprint density at radius 3 is 2.88 bits per heavy atom. The molecule has 0 N–H and O–H groups in total. The van der Waals surface area contributed by atoms with E-state index in [2.05, 4.69) is 10.1 Å². The molecule has 0 aliphatic heterocycles. The van der Waals surface area contributed by atoms with Crippen molar-refractivity contribution in [2.45, 2.75) is 15.8 Å². The smallest absolute Gasteiger partial charge is 0.251 e. The molecule has 1 unspecified atom stereocenters. The SMILES string of the molecule is CS(=O)c1nccc2c(SC(F)F)c(I)nn12. The van der Waals surface area contributed by atoms with Gasteiger partial charge in [-0.15, -0.1) is 0 Å². The highest BCUT2D eigenvalue weighted by atomic mass is 127. The van der Waals surface area contributed by atoms with Gasteiger partial charge < -0.3 is 0 Å². The van der Waals surface area contributed by atoms with E-state index in [-0.39, 0.29) is 5.16 Å². The van der Waals surface area contributed by atoms with Crippen LogP contribution in [0.1, 0.15) is 0 Å². The average molecular weight is 389 g/mol. The van der Waals surface area contributed by atoms with Crippen LogP contribution in [-0.2, 0) is 10.8 Å². The van der Waals surface area contributed by atoms with Gasteiger partial charge in [0.2, 0.25) is 5.16 Å². The number of hydrogen-bond donors (Lipinski definition) is 0. The molecule has 0 fully saturated rings. The molecule has 9 heteroatoms. The summed E-state index contributed by atoms with van der Waals surface area (Å²) < 4.78 is 38.1. The van der Waals surface area contributed by atoms with Crippen molar-refractivity contribution in [2.75, 3.05) is 6.26 Å². The van der Waals surface area contributed by atoms with E-state index in [1.54, 1.807) is 6.07 Å². The van der Waals surface area contributed by atoms with E-state index >= 15 is 0 Å². The van der Waals surface area contributed by atoms with Crippen LogP contribution in [0.25, 0.3) is 5.52 Å². The van der Waals surface area contributed by atoms with Crippen molar-refractivity contribution in [3.63, 3.8) is 0 Å². The number of fused-ring (bicyclic) bond motifs is 1. The standard InChI is InChI=1S/C8H6F2IN3OS2/c1-17(15)8-12-3-2-4-5(16-7(9)10)6(11)13-14(4)8/h2-3,7H,1H3. The van der Waals surface area contributed by atoms with Crippen LogP contribution in [0, 0.1) is 3.70 Å². The van der Waals surface area contributed by atoms with E-state index in [0.717, 1.165) is 0 Å². The highest BCUT2D eigenvalue weighted by molar-refractivity contribution is 14.1. The van der Waals surface area contributed by atoms with Gasteiger partial charge in [0.1, 0.15) is 3.70 Å². The third-order valence-electron chi connectivity index (χ3n) is 1.90. The molecule has 4 nitrogen and oxygen atoms in total. The van der Waals surface area contributed by atoms with Crippen LogP contribution in [0.4, 0.5) is 8.78 Å². The summed E-state index contributed by atoms with van der Waals surface area (Å²) in [5, 5.41) is 4.33. The second kappa shape index (κ2) is 5.14. The molecule has 0 radical (unpaired) electrons. The molecule has 2 aromatic rings. The summed E-state index contributed by atoms with van der Waals surface area (Å²) in [5.41, 5.74) is 0.500. The molecule has 0 bridgehead atoms. The maximum absolute atomic E-state index is 12.4. The third kappa shape index (κ3) is 2.60. The van der Waals surface area contributed by atoms with Crippen LogP contribution in [0.15, 0.2) is 22.3 Å². The maximum atomic E-state index is 12.4. The Bertz CT molecular complexity index is 589. The summed E-state index contributed by atoms with van der Waals surface area (Å²) in [6.07, 6.45) is 2.91. The van der Waals surface area contributed by atoms with Crippen molar-refractivity contribution in [2.24, 2.45) is 0 Å². The van der Waals surface area contributed by atoms with Crippen LogP contribution in [-0.4, -0.2) is 30.8 Å². The van der Waals surface area contributed by atoms with Gasteiger partial charge in [-0.1, -0.05) is 11.8 Å². The first-order valence-electron chi connectivity index (χ1n) is 4.32. The maximum Gasteiger partial charge on any atom is 0.289 e. The predicted octanol–water partition coefficient (Wildman–Crippen LogP) is 2.39. The summed E-state index contributed by atoms with van der Waals surface area (Å²) in [5.74, 6) is -2.51. The highest BCUT2D eigenvalue weighted by Gasteiger charge is 2.18. The Labute approximate surface area is 116 Å². The quantitative estimate of drug-likeness (QED) is 0.460. The zero-order valence-electron chi connectivity index (χ0n) is 8.43. The Hall–Kier alpha value is -0.290. The highest BCUT2D eigenvalue weighted by Crippen LogP contribution is 2.33. The average Bonchev–Trinajstić information content (AvgIpc) is 2.54. The van der Waals surface area contributed by atoms with Gasteiger partial charge in [-0.3, -0.25) is 4.21 Å². The minimum Gasteiger partial charge on any atom is -0.251 e. The fourth-order valence-electron chi connectivity index (χ4n) is 1.30. The fraction of sp³-hybridized carbons (Fsp3) is 0.250. The van der Waals surface area contributed by atoms with Crippen molar-refractivity contribution in [1.82, 2.24) is 14.6 Å². The molecular weight excluding hydrogens is 383 g/mol. The number of hydrogen-bond acceptors (Lipinski definition) is 4. The number of nitrogens with zero attached hydrogens (tertiary/aromatic N) is 3. The third-order valence-corrected chi connectivity index (χ3v) is 4.63. The van der Waals surface area contributed by atoms with Crippen LogP contribution in [0.3, 0.4) is 0 Å². The van der Waals surface area contributed by atoms with E-state index in [1.165, 1.54) is 17.0 Å². The number of halogens is 3. The second-order valence-electron chi connectivity index (χ2n) is 2.98. The molecule has 0 aliphatic rings. The van der Waals surface area contributed by atoms with Gasteiger partial charge in [-0.25, -0.2) is 9.50 Å². The second-order valence-corrected chi connectivity index (χ2v) is 6.27. The van der Waals surface area contributed by atoms with Crippen LogP contribution in [0.2, 0.25) is 0 Å². The van der Waals surface area contributed by atoms with Gasteiger partial charge in [-0.05, 0) is 28.7 Å².